The highest BCUT2D eigenvalue weighted by Gasteiger charge is 2.25. The lowest BCUT2D eigenvalue weighted by molar-refractivity contribution is 0.959. The largest absolute Gasteiger partial charge is 0.368 e. The summed E-state index contributed by atoms with van der Waals surface area (Å²) in [6, 6.07) is 9.12. The van der Waals surface area contributed by atoms with Crippen LogP contribution < -0.4 is 10.2 Å². The first-order chi connectivity index (χ1) is 13.8. The number of amidine groups is 1. The predicted molar refractivity (Wildman–Crippen MR) is 125 cm³/mol. The van der Waals surface area contributed by atoms with Gasteiger partial charge in [-0.3, -0.25) is 4.99 Å². The van der Waals surface area contributed by atoms with Gasteiger partial charge >= 0.3 is 0 Å². The molecule has 0 amide bonds. The quantitative estimate of drug-likeness (QED) is 0.774. The molecule has 0 aliphatic carbocycles. The average molecular weight is 386 g/mol. The number of hydrogen-bond acceptors (Lipinski definition) is 3. The summed E-state index contributed by atoms with van der Waals surface area (Å²) in [6.07, 6.45) is 4.68. The summed E-state index contributed by atoms with van der Waals surface area (Å²) in [4.78, 5) is 7.13. The molecule has 0 bridgehead atoms. The van der Waals surface area contributed by atoms with E-state index in [0.717, 1.165) is 25.5 Å². The number of nitrogens with zero attached hydrogens (tertiary/aromatic N) is 2. The molecule has 0 fully saturated rings. The highest BCUT2D eigenvalue weighted by Crippen LogP contribution is 2.36. The van der Waals surface area contributed by atoms with Gasteiger partial charge in [0.2, 0.25) is 0 Å². The smallest absolute Gasteiger partial charge is 0.128 e. The molecule has 29 heavy (non-hydrogen) atoms. The molecule has 3 heteroatoms. The van der Waals surface area contributed by atoms with Crippen molar-refractivity contribution in [3.63, 3.8) is 0 Å². The number of nitrogens with one attached hydrogen (secondary N) is 1. The van der Waals surface area contributed by atoms with E-state index in [0.29, 0.717) is 0 Å². The van der Waals surface area contributed by atoms with Crippen LogP contribution in [0.25, 0.3) is 5.57 Å². The molecule has 0 unspecified atom stereocenters. The molecule has 1 N–H and O–H groups in total. The third-order valence-corrected chi connectivity index (χ3v) is 5.87. The summed E-state index contributed by atoms with van der Waals surface area (Å²) in [5.41, 5.74) is 13.0. The molecule has 0 saturated carbocycles. The molecule has 0 saturated heterocycles. The van der Waals surface area contributed by atoms with Gasteiger partial charge in [-0.15, -0.1) is 0 Å². The number of anilines is 1. The summed E-state index contributed by atoms with van der Waals surface area (Å²) >= 11 is 0. The van der Waals surface area contributed by atoms with Gasteiger partial charge in [0.15, 0.2) is 0 Å². The van der Waals surface area contributed by atoms with Crippen LogP contribution >= 0.6 is 0 Å². The summed E-state index contributed by atoms with van der Waals surface area (Å²) in [6.45, 7) is 15.8. The lowest BCUT2D eigenvalue weighted by Gasteiger charge is -2.31. The van der Waals surface area contributed by atoms with E-state index in [1.165, 1.54) is 55.8 Å². The second kappa shape index (κ2) is 7.55. The molecule has 4 rings (SSSR count). The van der Waals surface area contributed by atoms with Crippen molar-refractivity contribution in [2.75, 3.05) is 24.5 Å². The Morgan fingerprint density at radius 3 is 1.93 bits per heavy atom. The topological polar surface area (TPSA) is 27.6 Å². The highest BCUT2D eigenvalue weighted by atomic mass is 15.1. The van der Waals surface area contributed by atoms with Crippen LogP contribution in [0.3, 0.4) is 0 Å². The molecule has 0 spiro atoms. The second-order valence-electron chi connectivity index (χ2n) is 8.49. The molecule has 3 nitrogen and oxygen atoms in total. The van der Waals surface area contributed by atoms with Crippen molar-refractivity contribution >= 4 is 17.1 Å². The van der Waals surface area contributed by atoms with E-state index in [2.05, 4.69) is 88.3 Å². The van der Waals surface area contributed by atoms with Crippen LogP contribution in [0.4, 0.5) is 5.69 Å². The van der Waals surface area contributed by atoms with Gasteiger partial charge in [0, 0.05) is 36.1 Å². The minimum atomic E-state index is 0.853. The molecule has 2 aromatic carbocycles. The zero-order valence-corrected chi connectivity index (χ0v) is 18.5. The Balaban J connectivity index is 1.88. The summed E-state index contributed by atoms with van der Waals surface area (Å²) in [5, 5.41) is 3.48. The first kappa shape index (κ1) is 19.5. The van der Waals surface area contributed by atoms with E-state index < -0.39 is 0 Å². The SMILES string of the molecule is Cc1cc(C)c(C2=CN(c3c(C)cc(C)cc3C)CC=C2C2=NCCN2)c(C)c1. The van der Waals surface area contributed by atoms with Crippen molar-refractivity contribution < 1.29 is 0 Å². The third-order valence-electron chi connectivity index (χ3n) is 5.87. The molecular weight excluding hydrogens is 354 g/mol. The van der Waals surface area contributed by atoms with Crippen LogP contribution in [0.1, 0.15) is 38.9 Å². The van der Waals surface area contributed by atoms with Crippen LogP contribution in [-0.2, 0) is 0 Å². The van der Waals surface area contributed by atoms with E-state index >= 15 is 0 Å². The third kappa shape index (κ3) is 3.62. The fourth-order valence-electron chi connectivity index (χ4n) is 4.97. The first-order valence-corrected chi connectivity index (χ1v) is 10.5. The Labute approximate surface area is 174 Å². The van der Waals surface area contributed by atoms with Crippen LogP contribution in [0, 0.1) is 41.5 Å². The monoisotopic (exact) mass is 385 g/mol. The van der Waals surface area contributed by atoms with Gasteiger partial charge in [0.05, 0.1) is 6.54 Å². The second-order valence-corrected chi connectivity index (χ2v) is 8.49. The zero-order chi connectivity index (χ0) is 20.7. The lowest BCUT2D eigenvalue weighted by atomic mass is 9.87. The average Bonchev–Trinajstić information content (AvgIpc) is 3.14. The van der Waals surface area contributed by atoms with Gasteiger partial charge in [0.25, 0.3) is 0 Å². The Morgan fingerprint density at radius 2 is 1.38 bits per heavy atom. The maximum absolute atomic E-state index is 4.73. The van der Waals surface area contributed by atoms with Crippen LogP contribution in [-0.4, -0.2) is 25.5 Å². The van der Waals surface area contributed by atoms with E-state index in [1.54, 1.807) is 0 Å². The fraction of sp³-hybridized carbons (Fsp3) is 0.346. The van der Waals surface area contributed by atoms with Crippen molar-refractivity contribution in [3.8, 4) is 0 Å². The fourth-order valence-corrected chi connectivity index (χ4v) is 4.97. The molecular formula is C26H31N3. The number of hydrogen-bond donors (Lipinski definition) is 1. The Morgan fingerprint density at radius 1 is 0.793 bits per heavy atom. The normalized spacial score (nSPS) is 16.3. The van der Waals surface area contributed by atoms with Crippen molar-refractivity contribution in [1.29, 1.82) is 0 Å². The Bertz CT molecular complexity index is 1020. The van der Waals surface area contributed by atoms with Gasteiger partial charge in [-0.25, -0.2) is 0 Å². The predicted octanol–water partition coefficient (Wildman–Crippen LogP) is 5.33. The van der Waals surface area contributed by atoms with Gasteiger partial charge in [-0.2, -0.15) is 0 Å². The molecule has 2 heterocycles. The molecule has 2 aliphatic heterocycles. The lowest BCUT2D eigenvalue weighted by Crippen LogP contribution is -2.28. The van der Waals surface area contributed by atoms with Crippen molar-refractivity contribution in [2.24, 2.45) is 4.99 Å². The number of rotatable bonds is 3. The molecule has 150 valence electrons. The molecule has 2 aliphatic rings. The number of aryl methyl sites for hydroxylation is 6. The molecule has 0 aromatic heterocycles. The van der Waals surface area contributed by atoms with E-state index in [-0.39, 0.29) is 0 Å². The van der Waals surface area contributed by atoms with E-state index in [4.69, 9.17) is 4.99 Å². The summed E-state index contributed by atoms with van der Waals surface area (Å²) < 4.78 is 0. The maximum atomic E-state index is 4.73. The van der Waals surface area contributed by atoms with E-state index in [1.807, 2.05) is 0 Å². The zero-order valence-electron chi connectivity index (χ0n) is 18.5. The van der Waals surface area contributed by atoms with Crippen LogP contribution in [0.2, 0.25) is 0 Å². The highest BCUT2D eigenvalue weighted by molar-refractivity contribution is 6.14. The van der Waals surface area contributed by atoms with Crippen molar-refractivity contribution in [1.82, 2.24) is 5.32 Å². The Hall–Kier alpha value is -2.81. The minimum Gasteiger partial charge on any atom is -0.368 e. The summed E-state index contributed by atoms with van der Waals surface area (Å²) in [7, 11) is 0. The minimum absolute atomic E-state index is 0.853. The number of aliphatic imine (C=N–C) groups is 1. The molecule has 0 atom stereocenters. The molecule has 0 radical (unpaired) electrons. The van der Waals surface area contributed by atoms with Crippen molar-refractivity contribution in [3.05, 3.63) is 81.1 Å². The van der Waals surface area contributed by atoms with Crippen LogP contribution in [0.15, 0.2) is 47.1 Å². The van der Waals surface area contributed by atoms with Gasteiger partial charge in [-0.1, -0.05) is 41.5 Å². The maximum Gasteiger partial charge on any atom is 0.128 e. The summed E-state index contributed by atoms with van der Waals surface area (Å²) in [5.74, 6) is 1.03. The van der Waals surface area contributed by atoms with Gasteiger partial charge in [-0.05, 0) is 69.4 Å². The van der Waals surface area contributed by atoms with E-state index in [9.17, 15) is 0 Å². The van der Waals surface area contributed by atoms with Crippen molar-refractivity contribution in [2.45, 2.75) is 41.5 Å². The van der Waals surface area contributed by atoms with Crippen LogP contribution in [0.5, 0.6) is 0 Å². The molecule has 2 aromatic rings. The Kier molecular flexibility index (Phi) is 5.08. The first-order valence-electron chi connectivity index (χ1n) is 10.5. The van der Waals surface area contributed by atoms with Gasteiger partial charge in [0.1, 0.15) is 5.84 Å². The van der Waals surface area contributed by atoms with Gasteiger partial charge < -0.3 is 10.2 Å². The standard InChI is InChI=1S/C26H31N3/c1-16-11-18(3)24(19(4)12-16)23-15-29(10-7-22(23)26-27-8-9-28-26)25-20(5)13-17(2)14-21(25)6/h7,11-15H,8-10H2,1-6H3,(H,27,28). The number of benzene rings is 2.